The molecule has 1 fully saturated rings. The van der Waals surface area contributed by atoms with Crippen molar-refractivity contribution in [3.05, 3.63) is 42.4 Å². The summed E-state index contributed by atoms with van der Waals surface area (Å²) < 4.78 is 7.60. The first-order valence-electron chi connectivity index (χ1n) is 8.74. The number of morpholine rings is 1. The molecular formula is C18H25N5O2. The van der Waals surface area contributed by atoms with Crippen LogP contribution in [0.25, 0.3) is 0 Å². The molecule has 1 aliphatic rings. The largest absolute Gasteiger partial charge is 0.372 e. The van der Waals surface area contributed by atoms with Crippen LogP contribution in [0.3, 0.4) is 0 Å². The van der Waals surface area contributed by atoms with Crippen LogP contribution in [0.2, 0.25) is 0 Å². The zero-order chi connectivity index (χ0) is 17.6. The van der Waals surface area contributed by atoms with Crippen LogP contribution in [0.15, 0.2) is 36.8 Å². The lowest BCUT2D eigenvalue weighted by Crippen LogP contribution is -2.45. The van der Waals surface area contributed by atoms with Gasteiger partial charge in [-0.1, -0.05) is 0 Å². The lowest BCUT2D eigenvalue weighted by Gasteiger charge is -2.36. The third kappa shape index (κ3) is 4.79. The number of hydrogen-bond donors (Lipinski definition) is 1. The van der Waals surface area contributed by atoms with E-state index < -0.39 is 0 Å². The van der Waals surface area contributed by atoms with E-state index in [2.05, 4.69) is 34.1 Å². The SMILES string of the molecule is CC1CN(c2ccc(C(=O)NCCCn3cccn3)cn2)CC(C)O1. The van der Waals surface area contributed by atoms with Crippen molar-refractivity contribution < 1.29 is 9.53 Å². The molecule has 134 valence electrons. The summed E-state index contributed by atoms with van der Waals surface area (Å²) >= 11 is 0. The Kier molecular flexibility index (Phi) is 5.65. The van der Waals surface area contributed by atoms with Gasteiger partial charge in [-0.3, -0.25) is 9.48 Å². The van der Waals surface area contributed by atoms with Gasteiger partial charge in [0.15, 0.2) is 0 Å². The third-order valence-electron chi connectivity index (χ3n) is 4.16. The van der Waals surface area contributed by atoms with Crippen LogP contribution in [0.4, 0.5) is 5.82 Å². The zero-order valence-corrected chi connectivity index (χ0v) is 14.8. The Hall–Kier alpha value is -2.41. The van der Waals surface area contributed by atoms with Gasteiger partial charge in [-0.05, 0) is 38.5 Å². The Labute approximate surface area is 148 Å². The van der Waals surface area contributed by atoms with Gasteiger partial charge < -0.3 is 15.0 Å². The highest BCUT2D eigenvalue weighted by Gasteiger charge is 2.23. The number of aryl methyl sites for hydroxylation is 1. The molecule has 0 spiro atoms. The third-order valence-corrected chi connectivity index (χ3v) is 4.16. The minimum atomic E-state index is -0.0942. The van der Waals surface area contributed by atoms with Crippen LogP contribution < -0.4 is 10.2 Å². The number of amides is 1. The van der Waals surface area contributed by atoms with Crippen molar-refractivity contribution >= 4 is 11.7 Å². The van der Waals surface area contributed by atoms with E-state index in [-0.39, 0.29) is 18.1 Å². The number of carbonyl (C=O) groups is 1. The van der Waals surface area contributed by atoms with Crippen molar-refractivity contribution in [1.29, 1.82) is 0 Å². The predicted molar refractivity (Wildman–Crippen MR) is 95.6 cm³/mol. The van der Waals surface area contributed by atoms with Crippen molar-refractivity contribution in [3.8, 4) is 0 Å². The highest BCUT2D eigenvalue weighted by molar-refractivity contribution is 5.94. The van der Waals surface area contributed by atoms with E-state index in [0.29, 0.717) is 12.1 Å². The zero-order valence-electron chi connectivity index (χ0n) is 14.8. The van der Waals surface area contributed by atoms with Crippen LogP contribution in [0.1, 0.15) is 30.6 Å². The molecule has 0 saturated carbocycles. The molecule has 0 aromatic carbocycles. The molecule has 1 saturated heterocycles. The van der Waals surface area contributed by atoms with Gasteiger partial charge in [-0.25, -0.2) is 4.98 Å². The second-order valence-corrected chi connectivity index (χ2v) is 6.45. The number of pyridine rings is 1. The number of rotatable bonds is 6. The minimum Gasteiger partial charge on any atom is -0.372 e. The van der Waals surface area contributed by atoms with Crippen molar-refractivity contribution in [3.63, 3.8) is 0 Å². The Morgan fingerprint density at radius 2 is 2.12 bits per heavy atom. The predicted octanol–water partition coefficient (Wildman–Crippen LogP) is 1.71. The van der Waals surface area contributed by atoms with Crippen molar-refractivity contribution in [2.24, 2.45) is 0 Å². The first kappa shape index (κ1) is 17.4. The number of aromatic nitrogens is 3. The molecule has 1 amide bonds. The van der Waals surface area contributed by atoms with Crippen LogP contribution in [0.5, 0.6) is 0 Å². The second kappa shape index (κ2) is 8.11. The Morgan fingerprint density at radius 3 is 2.76 bits per heavy atom. The fourth-order valence-electron chi connectivity index (χ4n) is 3.05. The smallest absolute Gasteiger partial charge is 0.252 e. The summed E-state index contributed by atoms with van der Waals surface area (Å²) in [5.74, 6) is 0.792. The number of carbonyl (C=O) groups excluding carboxylic acids is 1. The van der Waals surface area contributed by atoms with Crippen LogP contribution in [-0.2, 0) is 11.3 Å². The van der Waals surface area contributed by atoms with Gasteiger partial charge in [-0.2, -0.15) is 5.10 Å². The van der Waals surface area contributed by atoms with E-state index in [1.165, 1.54) is 0 Å². The van der Waals surface area contributed by atoms with Gasteiger partial charge >= 0.3 is 0 Å². The van der Waals surface area contributed by atoms with Gasteiger partial charge in [-0.15, -0.1) is 0 Å². The number of hydrogen-bond acceptors (Lipinski definition) is 5. The topological polar surface area (TPSA) is 72.3 Å². The fraction of sp³-hybridized carbons (Fsp3) is 0.500. The molecule has 2 aromatic heterocycles. The Bertz CT molecular complexity index is 661. The van der Waals surface area contributed by atoms with E-state index in [1.807, 2.05) is 29.1 Å². The quantitative estimate of drug-likeness (QED) is 0.809. The molecule has 1 N–H and O–H groups in total. The van der Waals surface area contributed by atoms with Crippen LogP contribution >= 0.6 is 0 Å². The Balaban J connectivity index is 1.48. The van der Waals surface area contributed by atoms with Crippen molar-refractivity contribution in [2.75, 3.05) is 24.5 Å². The summed E-state index contributed by atoms with van der Waals surface area (Å²) in [5.41, 5.74) is 0.581. The number of anilines is 1. The van der Waals surface area contributed by atoms with Crippen molar-refractivity contribution in [2.45, 2.75) is 39.0 Å². The first-order chi connectivity index (χ1) is 12.1. The molecular weight excluding hydrogens is 318 g/mol. The maximum absolute atomic E-state index is 12.2. The van der Waals surface area contributed by atoms with E-state index in [9.17, 15) is 4.79 Å². The maximum Gasteiger partial charge on any atom is 0.252 e. The summed E-state index contributed by atoms with van der Waals surface area (Å²) in [4.78, 5) is 18.8. The molecule has 0 radical (unpaired) electrons. The van der Waals surface area contributed by atoms with Crippen LogP contribution in [0, 0.1) is 0 Å². The number of ether oxygens (including phenoxy) is 1. The molecule has 0 aliphatic carbocycles. The lowest BCUT2D eigenvalue weighted by atomic mass is 10.2. The summed E-state index contributed by atoms with van der Waals surface area (Å²) in [6.07, 6.45) is 6.51. The normalized spacial score (nSPS) is 20.5. The average Bonchev–Trinajstić information content (AvgIpc) is 3.11. The molecule has 3 heterocycles. The molecule has 7 heteroatoms. The molecule has 25 heavy (non-hydrogen) atoms. The summed E-state index contributed by atoms with van der Waals surface area (Å²) in [7, 11) is 0. The summed E-state index contributed by atoms with van der Waals surface area (Å²) in [6, 6.07) is 5.63. The van der Waals surface area contributed by atoms with Gasteiger partial charge in [0, 0.05) is 44.8 Å². The van der Waals surface area contributed by atoms with E-state index in [4.69, 9.17) is 4.74 Å². The molecule has 3 rings (SSSR count). The molecule has 2 aromatic rings. The van der Waals surface area contributed by atoms with Gasteiger partial charge in [0.25, 0.3) is 5.91 Å². The van der Waals surface area contributed by atoms with Crippen LogP contribution in [-0.4, -0.2) is 52.5 Å². The van der Waals surface area contributed by atoms with E-state index in [1.54, 1.807) is 12.4 Å². The van der Waals surface area contributed by atoms with Gasteiger partial charge in [0.05, 0.1) is 17.8 Å². The van der Waals surface area contributed by atoms with Gasteiger partial charge in [0.1, 0.15) is 5.82 Å². The Morgan fingerprint density at radius 1 is 1.32 bits per heavy atom. The highest BCUT2D eigenvalue weighted by Crippen LogP contribution is 2.18. The number of nitrogens with one attached hydrogen (secondary N) is 1. The van der Waals surface area contributed by atoms with E-state index in [0.717, 1.165) is 31.9 Å². The number of nitrogens with zero attached hydrogens (tertiary/aromatic N) is 4. The average molecular weight is 343 g/mol. The van der Waals surface area contributed by atoms with E-state index >= 15 is 0 Å². The van der Waals surface area contributed by atoms with Crippen molar-refractivity contribution in [1.82, 2.24) is 20.1 Å². The molecule has 0 bridgehead atoms. The minimum absolute atomic E-state index is 0.0942. The molecule has 2 unspecified atom stereocenters. The summed E-state index contributed by atoms with van der Waals surface area (Å²) in [5, 5.41) is 7.06. The monoisotopic (exact) mass is 343 g/mol. The molecule has 7 nitrogen and oxygen atoms in total. The summed E-state index contributed by atoms with van der Waals surface area (Å²) in [6.45, 7) is 7.16. The first-order valence-corrected chi connectivity index (χ1v) is 8.74. The van der Waals surface area contributed by atoms with Gasteiger partial charge in [0.2, 0.25) is 0 Å². The highest BCUT2D eigenvalue weighted by atomic mass is 16.5. The lowest BCUT2D eigenvalue weighted by molar-refractivity contribution is -0.00546. The molecule has 2 atom stereocenters. The standard InChI is InChI=1S/C18H25N5O2/c1-14-12-22(13-15(2)25-14)17-6-5-16(11-20-17)18(24)19-7-3-9-23-10-4-8-21-23/h4-6,8,10-11,14-15H,3,7,9,12-13H2,1-2H3,(H,19,24). The maximum atomic E-state index is 12.2. The molecule has 1 aliphatic heterocycles. The fourth-order valence-corrected chi connectivity index (χ4v) is 3.05. The second-order valence-electron chi connectivity index (χ2n) is 6.45.